The predicted octanol–water partition coefficient (Wildman–Crippen LogP) is 1.19. The molecular formula is C21H20N6O4S. The lowest BCUT2D eigenvalue weighted by molar-refractivity contribution is -0.0434. The molecule has 32 heavy (non-hydrogen) atoms. The van der Waals surface area contributed by atoms with E-state index in [0.717, 1.165) is 4.88 Å². The Hall–Kier alpha value is -3.38. The molecule has 1 aliphatic heterocycles. The summed E-state index contributed by atoms with van der Waals surface area (Å²) in [6.45, 7) is -0.423. The molecule has 164 valence electrons. The van der Waals surface area contributed by atoms with Crippen molar-refractivity contribution in [2.24, 2.45) is 0 Å². The first-order valence-electron chi connectivity index (χ1n) is 9.91. The second kappa shape index (κ2) is 8.28. The smallest absolute Gasteiger partial charge is 0.251 e. The van der Waals surface area contributed by atoms with Gasteiger partial charge in [-0.1, -0.05) is 24.3 Å². The number of ether oxygens (including phenoxy) is 1. The normalized spacial score (nSPS) is 22.9. The van der Waals surface area contributed by atoms with Crippen LogP contribution in [0.2, 0.25) is 0 Å². The third-order valence-electron chi connectivity index (χ3n) is 5.39. The van der Waals surface area contributed by atoms with Crippen LogP contribution in [0.15, 0.2) is 54.2 Å². The van der Waals surface area contributed by atoms with E-state index in [1.54, 1.807) is 28.8 Å². The van der Waals surface area contributed by atoms with Crippen molar-refractivity contribution < 1.29 is 19.7 Å². The number of aliphatic hydroxyl groups is 2. The lowest BCUT2D eigenvalue weighted by atomic mass is 10.1. The average Bonchev–Trinajstić information content (AvgIpc) is 3.53. The van der Waals surface area contributed by atoms with E-state index in [9.17, 15) is 15.0 Å². The number of nitrogen functional groups attached to an aromatic ring is 1. The third-order valence-corrected chi connectivity index (χ3v) is 6.25. The standard InChI is InChI=1S/C21H20N6O4S/c22-17-15-19(24-10-23-17)27(18(25-15)13-7-4-8-32-13)21-14(16(29)12(9-28)31-21)26-20(30)11-5-2-1-3-6-11/h1-8,10,12,14,16,21,28-29H,9H2,(H,26,30)(H2,22,23,24)/t12-,14-,16-,21-/m1/s1. The van der Waals surface area contributed by atoms with Crippen molar-refractivity contribution in [3.05, 3.63) is 59.7 Å². The second-order valence-electron chi connectivity index (χ2n) is 7.32. The van der Waals surface area contributed by atoms with E-state index in [1.807, 2.05) is 23.6 Å². The van der Waals surface area contributed by atoms with Crippen molar-refractivity contribution in [2.75, 3.05) is 12.3 Å². The van der Waals surface area contributed by atoms with E-state index in [1.165, 1.54) is 17.7 Å². The Kier molecular flexibility index (Phi) is 5.31. The van der Waals surface area contributed by atoms with Gasteiger partial charge < -0.3 is 26.0 Å². The van der Waals surface area contributed by atoms with Gasteiger partial charge in [0, 0.05) is 5.56 Å². The van der Waals surface area contributed by atoms with Crippen molar-refractivity contribution in [1.82, 2.24) is 24.8 Å². The molecule has 3 aromatic heterocycles. The van der Waals surface area contributed by atoms with Gasteiger partial charge in [-0.3, -0.25) is 9.36 Å². The number of carbonyl (C=O) groups excluding carboxylic acids is 1. The SMILES string of the molecule is Nc1ncnc2c1nc(-c1cccs1)n2[C@@H]1O[C@H](CO)[C@@H](O)[C@H]1NC(=O)c1ccccc1. The van der Waals surface area contributed by atoms with Crippen LogP contribution in [-0.2, 0) is 4.74 Å². The summed E-state index contributed by atoms with van der Waals surface area (Å²) >= 11 is 1.46. The first-order chi connectivity index (χ1) is 15.6. The molecule has 0 saturated carbocycles. The van der Waals surface area contributed by atoms with Crippen LogP contribution in [0.3, 0.4) is 0 Å². The Morgan fingerprint density at radius 2 is 2.03 bits per heavy atom. The van der Waals surface area contributed by atoms with Gasteiger partial charge in [0.1, 0.15) is 24.6 Å². The molecule has 0 aliphatic carbocycles. The quantitative estimate of drug-likeness (QED) is 0.353. The van der Waals surface area contributed by atoms with Gasteiger partial charge in [-0.25, -0.2) is 15.0 Å². The first-order valence-corrected chi connectivity index (χ1v) is 10.8. The Bertz CT molecular complexity index is 1250. The fourth-order valence-corrected chi connectivity index (χ4v) is 4.55. The number of aromatic nitrogens is 4. The number of nitrogens with zero attached hydrogens (tertiary/aromatic N) is 4. The summed E-state index contributed by atoms with van der Waals surface area (Å²) in [5, 5.41) is 25.4. The van der Waals surface area contributed by atoms with Gasteiger partial charge in [-0.15, -0.1) is 11.3 Å². The minimum absolute atomic E-state index is 0.202. The van der Waals surface area contributed by atoms with Gasteiger partial charge in [-0.05, 0) is 23.6 Å². The largest absolute Gasteiger partial charge is 0.394 e. The number of amides is 1. The molecule has 4 heterocycles. The summed E-state index contributed by atoms with van der Waals surface area (Å²) in [5.74, 6) is 0.337. The van der Waals surface area contributed by atoms with E-state index in [0.29, 0.717) is 22.6 Å². The summed E-state index contributed by atoms with van der Waals surface area (Å²) in [6.07, 6.45) is -1.65. The summed E-state index contributed by atoms with van der Waals surface area (Å²) < 4.78 is 7.70. The van der Waals surface area contributed by atoms with Gasteiger partial charge in [0.25, 0.3) is 5.91 Å². The summed E-state index contributed by atoms with van der Waals surface area (Å²) in [4.78, 5) is 26.7. The highest BCUT2D eigenvalue weighted by molar-refractivity contribution is 7.13. The molecular weight excluding hydrogens is 432 g/mol. The number of hydrogen-bond donors (Lipinski definition) is 4. The summed E-state index contributed by atoms with van der Waals surface area (Å²) in [5.41, 5.74) is 7.26. The van der Waals surface area contributed by atoms with Crippen molar-refractivity contribution in [3.63, 3.8) is 0 Å². The topological polar surface area (TPSA) is 148 Å². The summed E-state index contributed by atoms with van der Waals surface area (Å²) in [6, 6.07) is 11.6. The number of imidazole rings is 1. The average molecular weight is 452 g/mol. The molecule has 1 amide bonds. The lowest BCUT2D eigenvalue weighted by Crippen LogP contribution is -2.46. The van der Waals surface area contributed by atoms with Crippen LogP contribution >= 0.6 is 11.3 Å². The van der Waals surface area contributed by atoms with E-state index in [4.69, 9.17) is 10.5 Å². The number of anilines is 1. The van der Waals surface area contributed by atoms with Crippen molar-refractivity contribution in [2.45, 2.75) is 24.5 Å². The maximum absolute atomic E-state index is 12.9. The Morgan fingerprint density at radius 1 is 1.22 bits per heavy atom. The molecule has 0 spiro atoms. The molecule has 1 saturated heterocycles. The Labute approximate surface area is 186 Å². The van der Waals surface area contributed by atoms with E-state index in [-0.39, 0.29) is 11.7 Å². The number of aliphatic hydroxyl groups excluding tert-OH is 2. The highest BCUT2D eigenvalue weighted by Crippen LogP contribution is 2.37. The van der Waals surface area contributed by atoms with Crippen LogP contribution in [0.1, 0.15) is 16.6 Å². The first kappa shape index (κ1) is 20.5. The third kappa shape index (κ3) is 3.41. The molecule has 1 fully saturated rings. The monoisotopic (exact) mass is 452 g/mol. The molecule has 0 radical (unpaired) electrons. The fourth-order valence-electron chi connectivity index (χ4n) is 3.84. The molecule has 4 aromatic rings. The van der Waals surface area contributed by atoms with Gasteiger partial charge in [0.05, 0.1) is 11.5 Å². The molecule has 5 N–H and O–H groups in total. The molecule has 1 aromatic carbocycles. The van der Waals surface area contributed by atoms with Gasteiger partial charge in [0.15, 0.2) is 29.0 Å². The van der Waals surface area contributed by atoms with Gasteiger partial charge in [-0.2, -0.15) is 0 Å². The van der Waals surface area contributed by atoms with Crippen LogP contribution in [0.5, 0.6) is 0 Å². The zero-order valence-corrected chi connectivity index (χ0v) is 17.5. The highest BCUT2D eigenvalue weighted by atomic mass is 32.1. The minimum atomic E-state index is -1.16. The highest BCUT2D eigenvalue weighted by Gasteiger charge is 2.47. The maximum Gasteiger partial charge on any atom is 0.251 e. The molecule has 11 heteroatoms. The van der Waals surface area contributed by atoms with Crippen molar-refractivity contribution in [1.29, 1.82) is 0 Å². The second-order valence-corrected chi connectivity index (χ2v) is 8.27. The maximum atomic E-state index is 12.9. The number of carbonyl (C=O) groups is 1. The van der Waals surface area contributed by atoms with Crippen LogP contribution in [0.25, 0.3) is 21.9 Å². The molecule has 4 atom stereocenters. The summed E-state index contributed by atoms with van der Waals surface area (Å²) in [7, 11) is 0. The Morgan fingerprint density at radius 3 is 2.75 bits per heavy atom. The minimum Gasteiger partial charge on any atom is -0.394 e. The predicted molar refractivity (Wildman–Crippen MR) is 118 cm³/mol. The fraction of sp³-hybridized carbons (Fsp3) is 0.238. The van der Waals surface area contributed by atoms with Gasteiger partial charge in [0.2, 0.25) is 0 Å². The number of rotatable bonds is 5. The van der Waals surface area contributed by atoms with E-state index >= 15 is 0 Å². The van der Waals surface area contributed by atoms with Crippen LogP contribution in [0.4, 0.5) is 5.82 Å². The number of fused-ring (bicyclic) bond motifs is 1. The zero-order valence-electron chi connectivity index (χ0n) is 16.7. The number of hydrogen-bond acceptors (Lipinski definition) is 9. The molecule has 10 nitrogen and oxygen atoms in total. The zero-order chi connectivity index (χ0) is 22.2. The van der Waals surface area contributed by atoms with Crippen LogP contribution < -0.4 is 11.1 Å². The lowest BCUT2D eigenvalue weighted by Gasteiger charge is -2.24. The van der Waals surface area contributed by atoms with Crippen LogP contribution in [0, 0.1) is 0 Å². The number of benzene rings is 1. The molecule has 1 aliphatic rings. The van der Waals surface area contributed by atoms with E-state index in [2.05, 4.69) is 20.3 Å². The van der Waals surface area contributed by atoms with Crippen LogP contribution in [-0.4, -0.2) is 60.5 Å². The molecule has 0 unspecified atom stereocenters. The number of nitrogens with two attached hydrogens (primary N) is 1. The van der Waals surface area contributed by atoms with Crippen molar-refractivity contribution >= 4 is 34.2 Å². The number of nitrogens with one attached hydrogen (secondary N) is 1. The number of thiophene rings is 1. The Balaban J connectivity index is 1.62. The molecule has 0 bridgehead atoms. The van der Waals surface area contributed by atoms with Gasteiger partial charge >= 0.3 is 0 Å². The molecule has 5 rings (SSSR count). The van der Waals surface area contributed by atoms with Crippen molar-refractivity contribution in [3.8, 4) is 10.7 Å². The van der Waals surface area contributed by atoms with E-state index < -0.39 is 31.1 Å².